The van der Waals surface area contributed by atoms with Crippen LogP contribution in [0, 0.1) is 0 Å². The summed E-state index contributed by atoms with van der Waals surface area (Å²) in [6.45, 7) is 4.29. The summed E-state index contributed by atoms with van der Waals surface area (Å²) in [6.07, 6.45) is 1.75. The molecule has 7 heteroatoms. The summed E-state index contributed by atoms with van der Waals surface area (Å²) < 4.78 is -0.453. The van der Waals surface area contributed by atoms with E-state index in [-0.39, 0.29) is 11.8 Å². The van der Waals surface area contributed by atoms with Gasteiger partial charge in [0.05, 0.1) is 9.77 Å². The topological polar surface area (TPSA) is 71.1 Å². The van der Waals surface area contributed by atoms with E-state index in [9.17, 15) is 9.59 Å². The van der Waals surface area contributed by atoms with Crippen LogP contribution in [-0.2, 0) is 9.59 Å². The molecule has 0 spiro atoms. The second kappa shape index (κ2) is 7.17. The highest BCUT2D eigenvalue weighted by Gasteiger charge is 2.37. The first-order valence-electron chi connectivity index (χ1n) is 6.75. The van der Waals surface area contributed by atoms with Crippen molar-refractivity contribution >= 4 is 35.3 Å². The molecule has 1 aliphatic rings. The Labute approximate surface area is 133 Å². The number of thioether (sulfide) groups is 2. The molecule has 0 bridgehead atoms. The zero-order chi connectivity index (χ0) is 15.3. The van der Waals surface area contributed by atoms with Gasteiger partial charge >= 0.3 is 0 Å². The van der Waals surface area contributed by atoms with Crippen molar-refractivity contribution in [3.8, 4) is 0 Å². The zero-order valence-electron chi connectivity index (χ0n) is 12.1. The molecular formula is C14H19N3O2S2. The fourth-order valence-electron chi connectivity index (χ4n) is 1.76. The van der Waals surface area contributed by atoms with Crippen LogP contribution in [0.1, 0.15) is 13.8 Å². The molecular weight excluding hydrogens is 306 g/mol. The van der Waals surface area contributed by atoms with Crippen LogP contribution >= 0.6 is 23.5 Å². The van der Waals surface area contributed by atoms with E-state index in [1.807, 2.05) is 32.0 Å². The van der Waals surface area contributed by atoms with Gasteiger partial charge in [0, 0.05) is 24.2 Å². The molecule has 2 N–H and O–H groups in total. The van der Waals surface area contributed by atoms with Gasteiger partial charge in [-0.1, -0.05) is 6.07 Å². The Hall–Kier alpha value is -1.21. The Morgan fingerprint density at radius 1 is 1.57 bits per heavy atom. The van der Waals surface area contributed by atoms with Crippen LogP contribution in [-0.4, -0.2) is 45.6 Å². The Morgan fingerprint density at radius 2 is 2.38 bits per heavy atom. The monoisotopic (exact) mass is 325 g/mol. The lowest BCUT2D eigenvalue weighted by molar-refractivity contribution is -0.129. The average Bonchev–Trinajstić information content (AvgIpc) is 2.47. The number of hydrogen-bond donors (Lipinski definition) is 2. The van der Waals surface area contributed by atoms with Gasteiger partial charge in [-0.3, -0.25) is 9.59 Å². The van der Waals surface area contributed by atoms with E-state index in [0.717, 1.165) is 10.8 Å². The number of pyridine rings is 1. The summed E-state index contributed by atoms with van der Waals surface area (Å²) in [6, 6.07) is 5.31. The number of rotatable bonds is 5. The number of hydrogen-bond acceptors (Lipinski definition) is 5. The maximum absolute atomic E-state index is 12.0. The molecule has 0 radical (unpaired) electrons. The van der Waals surface area contributed by atoms with E-state index in [2.05, 4.69) is 15.6 Å². The van der Waals surface area contributed by atoms with E-state index in [1.165, 1.54) is 11.8 Å². The predicted molar refractivity (Wildman–Crippen MR) is 86.4 cm³/mol. The van der Waals surface area contributed by atoms with Crippen molar-refractivity contribution in [2.75, 3.05) is 18.1 Å². The van der Waals surface area contributed by atoms with Gasteiger partial charge in [-0.2, -0.15) is 0 Å². The number of aromatic nitrogens is 1. The molecule has 1 aromatic heterocycles. The highest BCUT2D eigenvalue weighted by Crippen LogP contribution is 2.28. The van der Waals surface area contributed by atoms with Crippen LogP contribution in [0.2, 0.25) is 0 Å². The third kappa shape index (κ3) is 4.64. The number of carbonyl (C=O) groups excluding carboxylic acids is 2. The second-order valence-corrected chi connectivity index (χ2v) is 7.91. The summed E-state index contributed by atoms with van der Waals surface area (Å²) in [5, 5.41) is 6.57. The van der Waals surface area contributed by atoms with E-state index < -0.39 is 10.8 Å². The molecule has 5 nitrogen and oxygen atoms in total. The van der Waals surface area contributed by atoms with Crippen LogP contribution in [0.5, 0.6) is 0 Å². The molecule has 0 unspecified atom stereocenters. The molecule has 1 aliphatic heterocycles. The van der Waals surface area contributed by atoms with E-state index >= 15 is 0 Å². The fourth-order valence-corrected chi connectivity index (χ4v) is 3.49. The minimum absolute atomic E-state index is 0.0817. The van der Waals surface area contributed by atoms with E-state index in [4.69, 9.17) is 0 Å². The fraction of sp³-hybridized carbons (Fsp3) is 0.500. The molecule has 1 atom stereocenters. The first-order chi connectivity index (χ1) is 9.99. The maximum Gasteiger partial charge on any atom is 0.243 e. The van der Waals surface area contributed by atoms with Crippen LogP contribution in [0.15, 0.2) is 29.4 Å². The van der Waals surface area contributed by atoms with Gasteiger partial charge in [-0.15, -0.1) is 23.5 Å². The summed E-state index contributed by atoms with van der Waals surface area (Å²) in [4.78, 5) is 28.0. The summed E-state index contributed by atoms with van der Waals surface area (Å²) in [5.41, 5.74) is 0. The molecule has 0 aromatic carbocycles. The molecule has 1 aromatic rings. The van der Waals surface area contributed by atoms with Gasteiger partial charge in [0.1, 0.15) is 6.04 Å². The normalized spacial score (nSPS) is 20.7. The smallest absolute Gasteiger partial charge is 0.243 e. The number of nitrogens with one attached hydrogen (secondary N) is 2. The van der Waals surface area contributed by atoms with Crippen LogP contribution in [0.3, 0.4) is 0 Å². The van der Waals surface area contributed by atoms with Crippen molar-refractivity contribution in [2.45, 2.75) is 29.7 Å². The van der Waals surface area contributed by atoms with Crippen molar-refractivity contribution in [2.24, 2.45) is 0 Å². The van der Waals surface area contributed by atoms with Gasteiger partial charge in [-0.05, 0) is 26.0 Å². The molecule has 2 heterocycles. The summed E-state index contributed by atoms with van der Waals surface area (Å²) in [5.74, 6) is 1.16. The largest absolute Gasteiger partial charge is 0.353 e. The van der Waals surface area contributed by atoms with Crippen LogP contribution in [0.4, 0.5) is 0 Å². The SMILES string of the molecule is CC1(C)SC[C@H](C(=O)NCCSc2ccccn2)NC1=O. The zero-order valence-corrected chi connectivity index (χ0v) is 13.7. The van der Waals surface area contributed by atoms with Crippen molar-refractivity contribution < 1.29 is 9.59 Å². The third-order valence-corrected chi connectivity index (χ3v) is 5.42. The molecule has 2 rings (SSSR count). The Kier molecular flexibility index (Phi) is 5.52. The second-order valence-electron chi connectivity index (χ2n) is 5.15. The number of carbonyl (C=O) groups is 2. The molecule has 1 fully saturated rings. The first-order valence-corrected chi connectivity index (χ1v) is 8.72. The highest BCUT2D eigenvalue weighted by atomic mass is 32.2. The van der Waals surface area contributed by atoms with Gasteiger partial charge < -0.3 is 10.6 Å². The Balaban J connectivity index is 1.69. The quantitative estimate of drug-likeness (QED) is 0.631. The van der Waals surface area contributed by atoms with Crippen molar-refractivity contribution in [3.05, 3.63) is 24.4 Å². The molecule has 21 heavy (non-hydrogen) atoms. The van der Waals surface area contributed by atoms with Gasteiger partial charge in [0.25, 0.3) is 0 Å². The highest BCUT2D eigenvalue weighted by molar-refractivity contribution is 8.01. The third-order valence-electron chi connectivity index (χ3n) is 3.07. The van der Waals surface area contributed by atoms with E-state index in [0.29, 0.717) is 12.3 Å². The van der Waals surface area contributed by atoms with Gasteiger partial charge in [0.15, 0.2) is 0 Å². The lowest BCUT2D eigenvalue weighted by Gasteiger charge is -2.32. The standard InChI is InChI=1S/C14H19N3O2S2/c1-14(2)13(19)17-10(9-21-14)12(18)16-7-8-20-11-5-3-4-6-15-11/h3-6,10H,7-9H2,1-2H3,(H,16,18)(H,17,19)/t10-/m1/s1. The average molecular weight is 325 g/mol. The molecule has 0 saturated carbocycles. The Bertz CT molecular complexity index is 508. The Morgan fingerprint density at radius 3 is 3.05 bits per heavy atom. The van der Waals surface area contributed by atoms with Crippen molar-refractivity contribution in [3.63, 3.8) is 0 Å². The lowest BCUT2D eigenvalue weighted by atomic mass is 10.1. The first kappa shape index (κ1) is 16.2. The van der Waals surface area contributed by atoms with Gasteiger partial charge in [-0.25, -0.2) is 4.98 Å². The van der Waals surface area contributed by atoms with Gasteiger partial charge in [0.2, 0.25) is 11.8 Å². The summed E-state index contributed by atoms with van der Waals surface area (Å²) in [7, 11) is 0. The number of amides is 2. The van der Waals surface area contributed by atoms with Crippen molar-refractivity contribution in [1.82, 2.24) is 15.6 Å². The predicted octanol–water partition coefficient (Wildman–Crippen LogP) is 1.30. The van der Waals surface area contributed by atoms with Crippen LogP contribution in [0.25, 0.3) is 0 Å². The lowest BCUT2D eigenvalue weighted by Crippen LogP contribution is -2.57. The number of nitrogens with zero attached hydrogens (tertiary/aromatic N) is 1. The minimum atomic E-state index is -0.453. The molecule has 114 valence electrons. The summed E-state index contributed by atoms with van der Waals surface area (Å²) >= 11 is 3.10. The molecule has 0 aliphatic carbocycles. The molecule has 1 saturated heterocycles. The van der Waals surface area contributed by atoms with Crippen molar-refractivity contribution in [1.29, 1.82) is 0 Å². The maximum atomic E-state index is 12.0. The molecule has 2 amide bonds. The minimum Gasteiger partial charge on any atom is -0.353 e. The van der Waals surface area contributed by atoms with E-state index in [1.54, 1.807) is 18.0 Å². The van der Waals surface area contributed by atoms with Crippen LogP contribution < -0.4 is 10.6 Å².